The van der Waals surface area contributed by atoms with Gasteiger partial charge in [0.1, 0.15) is 0 Å². The van der Waals surface area contributed by atoms with E-state index in [0.717, 1.165) is 11.3 Å². The van der Waals surface area contributed by atoms with Crippen LogP contribution in [0, 0.1) is 6.92 Å². The van der Waals surface area contributed by atoms with E-state index in [-0.39, 0.29) is 12.6 Å². The van der Waals surface area contributed by atoms with Crippen LogP contribution in [0.25, 0.3) is 0 Å². The SMILES string of the molecule is Cc1c([C@H](N)CO)cnn1C. The van der Waals surface area contributed by atoms with Crippen LogP contribution in [-0.4, -0.2) is 21.5 Å². The zero-order valence-corrected chi connectivity index (χ0v) is 6.78. The van der Waals surface area contributed by atoms with E-state index in [2.05, 4.69) is 5.10 Å². The normalized spacial score (nSPS) is 13.5. The highest BCUT2D eigenvalue weighted by atomic mass is 16.3. The summed E-state index contributed by atoms with van der Waals surface area (Å²) in [6.07, 6.45) is 1.69. The monoisotopic (exact) mass is 155 g/mol. The molecule has 0 bridgehead atoms. The Morgan fingerprint density at radius 1 is 1.82 bits per heavy atom. The lowest BCUT2D eigenvalue weighted by Gasteiger charge is -2.06. The van der Waals surface area contributed by atoms with Crippen LogP contribution in [0.2, 0.25) is 0 Å². The summed E-state index contributed by atoms with van der Waals surface area (Å²) < 4.78 is 1.74. The van der Waals surface area contributed by atoms with E-state index in [9.17, 15) is 0 Å². The lowest BCUT2D eigenvalue weighted by molar-refractivity contribution is 0.267. The van der Waals surface area contributed by atoms with Gasteiger partial charge < -0.3 is 10.8 Å². The highest BCUT2D eigenvalue weighted by Crippen LogP contribution is 2.12. The van der Waals surface area contributed by atoms with Gasteiger partial charge in [0.2, 0.25) is 0 Å². The van der Waals surface area contributed by atoms with Gasteiger partial charge in [-0.25, -0.2) is 0 Å². The summed E-state index contributed by atoms with van der Waals surface area (Å²) >= 11 is 0. The van der Waals surface area contributed by atoms with Crippen molar-refractivity contribution in [2.75, 3.05) is 6.61 Å². The zero-order valence-electron chi connectivity index (χ0n) is 6.78. The van der Waals surface area contributed by atoms with Crippen molar-refractivity contribution in [3.05, 3.63) is 17.5 Å². The van der Waals surface area contributed by atoms with Gasteiger partial charge in [-0.2, -0.15) is 5.10 Å². The second-order valence-corrected chi connectivity index (χ2v) is 2.60. The fourth-order valence-corrected chi connectivity index (χ4v) is 0.978. The molecular formula is C7H13N3O. The van der Waals surface area contributed by atoms with Crippen molar-refractivity contribution < 1.29 is 5.11 Å². The third-order valence-electron chi connectivity index (χ3n) is 1.87. The van der Waals surface area contributed by atoms with Crippen LogP contribution in [-0.2, 0) is 7.05 Å². The van der Waals surface area contributed by atoms with Crippen molar-refractivity contribution in [3.8, 4) is 0 Å². The van der Waals surface area contributed by atoms with E-state index in [0.29, 0.717) is 0 Å². The molecule has 4 nitrogen and oxygen atoms in total. The number of aromatic nitrogens is 2. The second-order valence-electron chi connectivity index (χ2n) is 2.60. The highest BCUT2D eigenvalue weighted by Gasteiger charge is 2.10. The molecule has 62 valence electrons. The Hall–Kier alpha value is -0.870. The maximum absolute atomic E-state index is 8.76. The van der Waals surface area contributed by atoms with Gasteiger partial charge in [-0.1, -0.05) is 0 Å². The largest absolute Gasteiger partial charge is 0.394 e. The topological polar surface area (TPSA) is 64.1 Å². The average molecular weight is 155 g/mol. The van der Waals surface area contributed by atoms with Crippen LogP contribution in [0.5, 0.6) is 0 Å². The molecule has 0 unspecified atom stereocenters. The summed E-state index contributed by atoms with van der Waals surface area (Å²) in [4.78, 5) is 0. The van der Waals surface area contributed by atoms with E-state index in [1.165, 1.54) is 0 Å². The fraction of sp³-hybridized carbons (Fsp3) is 0.571. The zero-order chi connectivity index (χ0) is 8.43. The first-order valence-electron chi connectivity index (χ1n) is 3.51. The summed E-state index contributed by atoms with van der Waals surface area (Å²) in [5, 5.41) is 12.8. The maximum Gasteiger partial charge on any atom is 0.0625 e. The Morgan fingerprint density at radius 3 is 2.82 bits per heavy atom. The van der Waals surface area contributed by atoms with E-state index in [4.69, 9.17) is 10.8 Å². The Labute approximate surface area is 65.6 Å². The van der Waals surface area contributed by atoms with E-state index in [1.807, 2.05) is 14.0 Å². The molecule has 1 rings (SSSR count). The minimum atomic E-state index is -0.302. The van der Waals surface area contributed by atoms with Crippen molar-refractivity contribution in [2.24, 2.45) is 12.8 Å². The smallest absolute Gasteiger partial charge is 0.0625 e. The lowest BCUT2D eigenvalue weighted by atomic mass is 10.1. The summed E-state index contributed by atoms with van der Waals surface area (Å²) in [6, 6.07) is -0.302. The molecule has 11 heavy (non-hydrogen) atoms. The van der Waals surface area contributed by atoms with Crippen LogP contribution in [0.3, 0.4) is 0 Å². The van der Waals surface area contributed by atoms with Crippen molar-refractivity contribution in [2.45, 2.75) is 13.0 Å². The lowest BCUT2D eigenvalue weighted by Crippen LogP contribution is -2.15. The van der Waals surface area contributed by atoms with Crippen molar-refractivity contribution in [1.82, 2.24) is 9.78 Å². The summed E-state index contributed by atoms with van der Waals surface area (Å²) in [5.41, 5.74) is 7.52. The molecule has 0 aliphatic carbocycles. The number of aliphatic hydroxyl groups is 1. The first-order valence-corrected chi connectivity index (χ1v) is 3.51. The van der Waals surface area contributed by atoms with Gasteiger partial charge >= 0.3 is 0 Å². The standard InChI is InChI=1S/C7H13N3O/c1-5-6(7(8)4-11)3-9-10(5)2/h3,7,11H,4,8H2,1-2H3/t7-/m1/s1. The molecule has 0 aromatic carbocycles. The van der Waals surface area contributed by atoms with Crippen molar-refractivity contribution in [3.63, 3.8) is 0 Å². The second kappa shape index (κ2) is 3.02. The number of aryl methyl sites for hydroxylation is 1. The van der Waals surface area contributed by atoms with Crippen LogP contribution in [0.15, 0.2) is 6.20 Å². The minimum Gasteiger partial charge on any atom is -0.394 e. The number of hydrogen-bond donors (Lipinski definition) is 2. The first kappa shape index (κ1) is 8.23. The number of hydrogen-bond acceptors (Lipinski definition) is 3. The molecule has 0 spiro atoms. The number of aliphatic hydroxyl groups excluding tert-OH is 1. The molecule has 0 saturated carbocycles. The average Bonchev–Trinajstić information content (AvgIpc) is 2.32. The molecule has 0 fully saturated rings. The first-order chi connectivity index (χ1) is 5.16. The highest BCUT2D eigenvalue weighted by molar-refractivity contribution is 5.19. The molecule has 0 radical (unpaired) electrons. The Bertz CT molecular complexity index is 244. The van der Waals surface area contributed by atoms with E-state index in [1.54, 1.807) is 10.9 Å². The Balaban J connectivity index is 2.94. The number of nitrogens with zero attached hydrogens (tertiary/aromatic N) is 2. The molecule has 0 aliphatic rings. The molecule has 1 aromatic rings. The fourth-order valence-electron chi connectivity index (χ4n) is 0.978. The van der Waals surface area contributed by atoms with Gasteiger partial charge in [0.25, 0.3) is 0 Å². The maximum atomic E-state index is 8.76. The Kier molecular flexibility index (Phi) is 2.26. The molecule has 0 amide bonds. The van der Waals surface area contributed by atoms with Crippen LogP contribution < -0.4 is 5.73 Å². The van der Waals surface area contributed by atoms with Gasteiger partial charge in [-0.15, -0.1) is 0 Å². The minimum absolute atomic E-state index is 0.0352. The molecule has 1 aromatic heterocycles. The predicted octanol–water partition coefficient (Wildman–Crippen LogP) is -0.279. The van der Waals surface area contributed by atoms with Gasteiger partial charge in [-0.05, 0) is 6.92 Å². The molecule has 1 heterocycles. The Morgan fingerprint density at radius 2 is 2.45 bits per heavy atom. The summed E-state index contributed by atoms with van der Waals surface area (Å²) in [6.45, 7) is 1.89. The van der Waals surface area contributed by atoms with E-state index < -0.39 is 0 Å². The molecule has 1 atom stereocenters. The number of rotatable bonds is 2. The van der Waals surface area contributed by atoms with Gasteiger partial charge in [-0.3, -0.25) is 4.68 Å². The molecule has 3 N–H and O–H groups in total. The number of nitrogens with two attached hydrogens (primary N) is 1. The molecule has 0 saturated heterocycles. The van der Waals surface area contributed by atoms with Crippen LogP contribution in [0.4, 0.5) is 0 Å². The summed E-state index contributed by atoms with van der Waals surface area (Å²) in [7, 11) is 1.85. The third-order valence-corrected chi connectivity index (χ3v) is 1.87. The van der Waals surface area contributed by atoms with Crippen molar-refractivity contribution >= 4 is 0 Å². The molecule has 0 aliphatic heterocycles. The molecule has 4 heteroatoms. The molecular weight excluding hydrogens is 142 g/mol. The van der Waals surface area contributed by atoms with Gasteiger partial charge in [0.15, 0.2) is 0 Å². The van der Waals surface area contributed by atoms with Crippen LogP contribution >= 0.6 is 0 Å². The summed E-state index contributed by atoms with van der Waals surface area (Å²) in [5.74, 6) is 0. The predicted molar refractivity (Wildman–Crippen MR) is 42.0 cm³/mol. The quantitative estimate of drug-likeness (QED) is 0.617. The van der Waals surface area contributed by atoms with E-state index >= 15 is 0 Å². The van der Waals surface area contributed by atoms with Gasteiger partial charge in [0, 0.05) is 18.3 Å². The van der Waals surface area contributed by atoms with Crippen molar-refractivity contribution in [1.29, 1.82) is 0 Å². The third kappa shape index (κ3) is 1.41. The van der Waals surface area contributed by atoms with Gasteiger partial charge in [0.05, 0.1) is 18.8 Å². The van der Waals surface area contributed by atoms with Crippen LogP contribution in [0.1, 0.15) is 17.3 Å².